The van der Waals surface area contributed by atoms with Crippen molar-refractivity contribution in [1.82, 2.24) is 5.32 Å². The lowest BCUT2D eigenvalue weighted by molar-refractivity contribution is 0.134. The van der Waals surface area contributed by atoms with E-state index in [0.717, 1.165) is 22.8 Å². The highest BCUT2D eigenvalue weighted by molar-refractivity contribution is 5.39. The topological polar surface area (TPSA) is 21.3 Å². The molecule has 3 rings (SSSR count). The number of hydrogen-bond acceptors (Lipinski definition) is 2. The Morgan fingerprint density at radius 2 is 1.76 bits per heavy atom. The fourth-order valence-electron chi connectivity index (χ4n) is 2.64. The fourth-order valence-corrected chi connectivity index (χ4v) is 2.64. The Morgan fingerprint density at radius 1 is 1.00 bits per heavy atom. The first-order valence-electron chi connectivity index (χ1n) is 6.62. The van der Waals surface area contributed by atoms with Crippen LogP contribution >= 0.6 is 0 Å². The molecule has 0 saturated carbocycles. The van der Waals surface area contributed by atoms with Crippen molar-refractivity contribution in [3.05, 3.63) is 70.0 Å². The van der Waals surface area contributed by atoms with Crippen LogP contribution in [0.15, 0.2) is 30.3 Å². The van der Waals surface area contributed by atoms with E-state index in [1.54, 1.807) is 7.05 Å². The van der Waals surface area contributed by atoms with Crippen LogP contribution in [0.3, 0.4) is 0 Å². The van der Waals surface area contributed by atoms with Crippen molar-refractivity contribution in [3.63, 3.8) is 0 Å². The maximum Gasteiger partial charge on any atom is 0.194 e. The number of hydrogen-bond donors (Lipinski definition) is 1. The molecule has 21 heavy (non-hydrogen) atoms. The molecule has 0 aromatic heterocycles. The number of nitrogens with one attached hydrogen (secondary N) is 1. The molecule has 110 valence electrons. The number of benzene rings is 2. The molecule has 1 unspecified atom stereocenters. The summed E-state index contributed by atoms with van der Waals surface area (Å²) in [5.74, 6) is -3.79. The summed E-state index contributed by atoms with van der Waals surface area (Å²) in [6.45, 7) is 1.08. The second kappa shape index (κ2) is 5.50. The molecule has 2 nitrogen and oxygen atoms in total. The monoisotopic (exact) mass is 293 g/mol. The second-order valence-electron chi connectivity index (χ2n) is 5.01. The fraction of sp³-hybridized carbons (Fsp3) is 0.250. The molecule has 0 saturated heterocycles. The predicted octanol–water partition coefficient (Wildman–Crippen LogP) is 3.44. The van der Waals surface area contributed by atoms with Gasteiger partial charge in [-0.2, -0.15) is 0 Å². The molecule has 1 aliphatic rings. The first kappa shape index (κ1) is 14.1. The summed E-state index contributed by atoms with van der Waals surface area (Å²) in [5, 5.41) is 2.94. The Balaban J connectivity index is 2.05. The molecule has 2 aromatic rings. The molecule has 1 N–H and O–H groups in total. The summed E-state index contributed by atoms with van der Waals surface area (Å²) in [6.07, 6.45) is 0. The van der Waals surface area contributed by atoms with Crippen molar-refractivity contribution in [2.24, 2.45) is 0 Å². The average molecular weight is 293 g/mol. The largest absolute Gasteiger partial charge is 0.372 e. The maximum atomic E-state index is 14.0. The lowest BCUT2D eigenvalue weighted by Crippen LogP contribution is -2.20. The van der Waals surface area contributed by atoms with Crippen LogP contribution < -0.4 is 5.32 Å². The Morgan fingerprint density at radius 3 is 2.52 bits per heavy atom. The molecule has 2 aromatic carbocycles. The van der Waals surface area contributed by atoms with Crippen LogP contribution in [0.1, 0.15) is 28.3 Å². The number of fused-ring (bicyclic) bond motifs is 1. The molecule has 0 fully saturated rings. The van der Waals surface area contributed by atoms with Crippen LogP contribution in [0, 0.1) is 17.5 Å². The Hall–Kier alpha value is -1.85. The van der Waals surface area contributed by atoms with Crippen molar-refractivity contribution in [2.45, 2.75) is 19.3 Å². The van der Waals surface area contributed by atoms with Gasteiger partial charge in [0.2, 0.25) is 0 Å². The molecule has 0 radical (unpaired) electrons. The molecule has 0 amide bonds. The average Bonchev–Trinajstić information content (AvgIpc) is 2.95. The van der Waals surface area contributed by atoms with Gasteiger partial charge in [-0.1, -0.05) is 24.3 Å². The lowest BCUT2D eigenvalue weighted by Gasteiger charge is -2.19. The minimum absolute atomic E-state index is 0.0789. The number of rotatable bonds is 3. The standard InChI is InChI=1S/C16H14F3NO/c1-20-16(12-4-5-13(17)15(19)14(12)18)9-2-3-10-7-21-8-11(10)6-9/h2-6,16,20H,7-8H2,1H3. The van der Waals surface area contributed by atoms with E-state index >= 15 is 0 Å². The van der Waals surface area contributed by atoms with Gasteiger partial charge < -0.3 is 10.1 Å². The van der Waals surface area contributed by atoms with Gasteiger partial charge in [0, 0.05) is 5.56 Å². The zero-order valence-corrected chi connectivity index (χ0v) is 11.4. The minimum atomic E-state index is -1.45. The summed E-state index contributed by atoms with van der Waals surface area (Å²) in [5.41, 5.74) is 3.00. The molecule has 5 heteroatoms. The predicted molar refractivity (Wildman–Crippen MR) is 72.2 cm³/mol. The molecule has 0 bridgehead atoms. The van der Waals surface area contributed by atoms with Gasteiger partial charge in [0.15, 0.2) is 17.5 Å². The maximum absolute atomic E-state index is 14.0. The minimum Gasteiger partial charge on any atom is -0.372 e. The lowest BCUT2D eigenvalue weighted by atomic mass is 9.95. The van der Waals surface area contributed by atoms with Crippen LogP contribution in [0.25, 0.3) is 0 Å². The van der Waals surface area contributed by atoms with Gasteiger partial charge in [0.05, 0.1) is 19.3 Å². The zero-order valence-electron chi connectivity index (χ0n) is 11.4. The van der Waals surface area contributed by atoms with Crippen molar-refractivity contribution in [2.75, 3.05) is 7.05 Å². The van der Waals surface area contributed by atoms with Crippen LogP contribution in [0.2, 0.25) is 0 Å². The molecule has 1 atom stereocenters. The van der Waals surface area contributed by atoms with Crippen molar-refractivity contribution in [3.8, 4) is 0 Å². The van der Waals surface area contributed by atoms with Crippen molar-refractivity contribution < 1.29 is 17.9 Å². The van der Waals surface area contributed by atoms with Crippen molar-refractivity contribution >= 4 is 0 Å². The Bertz CT molecular complexity index is 687. The molecule has 0 aliphatic carbocycles. The first-order valence-corrected chi connectivity index (χ1v) is 6.62. The van der Waals surface area contributed by atoms with E-state index in [2.05, 4.69) is 5.32 Å². The molecule has 1 heterocycles. The highest BCUT2D eigenvalue weighted by atomic mass is 19.2. The summed E-state index contributed by atoms with van der Waals surface area (Å²) >= 11 is 0. The van der Waals surface area contributed by atoms with Gasteiger partial charge >= 0.3 is 0 Å². The highest BCUT2D eigenvalue weighted by Crippen LogP contribution is 2.29. The van der Waals surface area contributed by atoms with E-state index < -0.39 is 23.5 Å². The van der Waals surface area contributed by atoms with E-state index in [1.807, 2.05) is 18.2 Å². The number of halogens is 3. The van der Waals surface area contributed by atoms with Crippen LogP contribution in [0.5, 0.6) is 0 Å². The number of ether oxygens (including phenoxy) is 1. The second-order valence-corrected chi connectivity index (χ2v) is 5.01. The molecular formula is C16H14F3NO. The summed E-state index contributed by atoms with van der Waals surface area (Å²) < 4.78 is 45.8. The smallest absolute Gasteiger partial charge is 0.194 e. The highest BCUT2D eigenvalue weighted by Gasteiger charge is 2.22. The van der Waals surface area contributed by atoms with E-state index in [1.165, 1.54) is 6.07 Å². The molecular weight excluding hydrogens is 279 g/mol. The summed E-state index contributed by atoms with van der Waals surface area (Å²) in [7, 11) is 1.65. The van der Waals surface area contributed by atoms with Crippen LogP contribution in [-0.2, 0) is 18.0 Å². The normalized spacial score (nSPS) is 15.0. The van der Waals surface area contributed by atoms with Gasteiger partial charge in [-0.3, -0.25) is 0 Å². The van der Waals surface area contributed by atoms with Crippen LogP contribution in [0.4, 0.5) is 13.2 Å². The third-order valence-corrected chi connectivity index (χ3v) is 3.74. The van der Waals surface area contributed by atoms with Crippen molar-refractivity contribution in [1.29, 1.82) is 0 Å². The first-order chi connectivity index (χ1) is 10.1. The molecule has 0 spiro atoms. The van der Waals surface area contributed by atoms with Gasteiger partial charge in [-0.05, 0) is 29.8 Å². The van der Waals surface area contributed by atoms with E-state index in [-0.39, 0.29) is 5.56 Å². The third-order valence-electron chi connectivity index (χ3n) is 3.74. The zero-order chi connectivity index (χ0) is 15.0. The van der Waals surface area contributed by atoms with E-state index in [0.29, 0.717) is 13.2 Å². The quantitative estimate of drug-likeness (QED) is 0.875. The molecule has 1 aliphatic heterocycles. The summed E-state index contributed by atoms with van der Waals surface area (Å²) in [6, 6.07) is 7.32. The SMILES string of the molecule is CNC(c1ccc2c(c1)COC2)c1ccc(F)c(F)c1F. The van der Waals surface area contributed by atoms with Gasteiger partial charge in [-0.25, -0.2) is 13.2 Å². The van der Waals surface area contributed by atoms with E-state index in [4.69, 9.17) is 4.74 Å². The third kappa shape index (κ3) is 2.43. The van der Waals surface area contributed by atoms with Gasteiger partial charge in [0.1, 0.15) is 0 Å². The van der Waals surface area contributed by atoms with Gasteiger partial charge in [0.25, 0.3) is 0 Å². The van der Waals surface area contributed by atoms with E-state index in [9.17, 15) is 13.2 Å². The Labute approximate surface area is 120 Å². The Kier molecular flexibility index (Phi) is 3.69. The summed E-state index contributed by atoms with van der Waals surface area (Å²) in [4.78, 5) is 0. The van der Waals surface area contributed by atoms with Crippen LogP contribution in [-0.4, -0.2) is 7.05 Å². The van der Waals surface area contributed by atoms with Gasteiger partial charge in [-0.15, -0.1) is 0 Å².